The van der Waals surface area contributed by atoms with Crippen molar-refractivity contribution in [2.24, 2.45) is 0 Å². The van der Waals surface area contributed by atoms with Crippen molar-refractivity contribution in [1.29, 1.82) is 0 Å². The molecular weight excluding hydrogens is 250 g/mol. The highest BCUT2D eigenvalue weighted by Gasteiger charge is 2.21. The summed E-state index contributed by atoms with van der Waals surface area (Å²) in [6.07, 6.45) is 4.91. The maximum Gasteiger partial charge on any atom is 0.327 e. The number of nitrogens with zero attached hydrogens (tertiary/aromatic N) is 1. The molecule has 1 saturated heterocycles. The fourth-order valence-electron chi connectivity index (χ4n) is 1.72. The van der Waals surface area contributed by atoms with Crippen LogP contribution in [-0.2, 0) is 9.53 Å². The third-order valence-electron chi connectivity index (χ3n) is 2.76. The van der Waals surface area contributed by atoms with Gasteiger partial charge < -0.3 is 25.4 Å². The van der Waals surface area contributed by atoms with E-state index in [0.717, 1.165) is 13.1 Å². The molecule has 2 unspecified atom stereocenters. The highest BCUT2D eigenvalue weighted by molar-refractivity contribution is 5.82. The molecule has 0 aliphatic carbocycles. The van der Waals surface area contributed by atoms with Gasteiger partial charge in [0.05, 0.1) is 12.7 Å². The Hall–Kier alpha value is -1.78. The predicted molar refractivity (Wildman–Crippen MR) is 68.6 cm³/mol. The van der Waals surface area contributed by atoms with E-state index in [1.165, 1.54) is 0 Å². The molecule has 0 aromatic rings. The Morgan fingerprint density at radius 3 is 2.95 bits per heavy atom. The zero-order chi connectivity index (χ0) is 14.3. The Balaban J connectivity index is 2.30. The molecule has 0 aromatic carbocycles. The van der Waals surface area contributed by atoms with Gasteiger partial charge in [-0.1, -0.05) is 0 Å². The lowest BCUT2D eigenvalue weighted by molar-refractivity contribution is -0.139. The number of carbonyl (C=O) groups excluding carboxylic acids is 1. The number of hydrogen-bond acceptors (Lipinski definition) is 4. The second kappa shape index (κ2) is 7.61. The molecule has 0 spiro atoms. The second-order valence-electron chi connectivity index (χ2n) is 4.41. The van der Waals surface area contributed by atoms with Gasteiger partial charge in [0.1, 0.15) is 6.04 Å². The quantitative estimate of drug-likeness (QED) is 0.562. The molecule has 0 radical (unpaired) electrons. The fraction of sp³-hybridized carbons (Fsp3) is 0.667. The van der Waals surface area contributed by atoms with E-state index >= 15 is 0 Å². The first kappa shape index (κ1) is 15.3. The number of carbonyl (C=O) groups is 2. The third kappa shape index (κ3) is 5.59. The van der Waals surface area contributed by atoms with Crippen LogP contribution in [0.4, 0.5) is 4.79 Å². The molecule has 3 N–H and O–H groups in total. The van der Waals surface area contributed by atoms with E-state index in [-0.39, 0.29) is 12.5 Å². The topological polar surface area (TPSA) is 90.9 Å². The van der Waals surface area contributed by atoms with Crippen molar-refractivity contribution in [3.63, 3.8) is 0 Å². The second-order valence-corrected chi connectivity index (χ2v) is 4.41. The van der Waals surface area contributed by atoms with Gasteiger partial charge in [0, 0.05) is 26.1 Å². The molecule has 1 aliphatic rings. The fourth-order valence-corrected chi connectivity index (χ4v) is 1.72. The molecule has 1 heterocycles. The molecule has 1 rings (SSSR count). The first-order chi connectivity index (χ1) is 9.02. The molecule has 1 aliphatic heterocycles. The summed E-state index contributed by atoms with van der Waals surface area (Å²) in [7, 11) is 1.98. The van der Waals surface area contributed by atoms with Gasteiger partial charge >= 0.3 is 12.0 Å². The molecular formula is C12H19N3O4. The summed E-state index contributed by atoms with van der Waals surface area (Å²) in [5.74, 6) is 1.06. The van der Waals surface area contributed by atoms with Crippen LogP contribution in [-0.4, -0.2) is 67.4 Å². The lowest BCUT2D eigenvalue weighted by Gasteiger charge is -2.30. The third-order valence-corrected chi connectivity index (χ3v) is 2.76. The van der Waals surface area contributed by atoms with E-state index in [2.05, 4.69) is 21.5 Å². The molecule has 0 aromatic heterocycles. The summed E-state index contributed by atoms with van der Waals surface area (Å²) < 4.78 is 5.47. The molecule has 19 heavy (non-hydrogen) atoms. The summed E-state index contributed by atoms with van der Waals surface area (Å²) in [4.78, 5) is 24.4. The van der Waals surface area contributed by atoms with E-state index in [9.17, 15) is 9.59 Å². The van der Waals surface area contributed by atoms with Crippen molar-refractivity contribution in [3.05, 3.63) is 0 Å². The van der Waals surface area contributed by atoms with Gasteiger partial charge in [0.2, 0.25) is 0 Å². The van der Waals surface area contributed by atoms with Crippen molar-refractivity contribution in [2.45, 2.75) is 18.6 Å². The van der Waals surface area contributed by atoms with Crippen molar-refractivity contribution >= 4 is 12.0 Å². The maximum absolute atomic E-state index is 11.5. The number of rotatable bonds is 5. The van der Waals surface area contributed by atoms with E-state index in [4.69, 9.17) is 16.3 Å². The first-order valence-electron chi connectivity index (χ1n) is 6.03. The minimum Gasteiger partial charge on any atom is -0.480 e. The molecule has 2 amide bonds. The SMILES string of the molecule is C#CCC(NC(=O)NCC1CN(C)CCO1)C(=O)O. The van der Waals surface area contributed by atoms with Crippen LogP contribution in [0.2, 0.25) is 0 Å². The van der Waals surface area contributed by atoms with Crippen LogP contribution >= 0.6 is 0 Å². The molecule has 0 bridgehead atoms. The van der Waals surface area contributed by atoms with Crippen molar-refractivity contribution in [3.8, 4) is 12.3 Å². The number of carboxylic acids is 1. The average Bonchev–Trinajstić information content (AvgIpc) is 2.36. The Morgan fingerprint density at radius 1 is 1.63 bits per heavy atom. The molecule has 0 saturated carbocycles. The number of ether oxygens (including phenoxy) is 1. The highest BCUT2D eigenvalue weighted by atomic mass is 16.5. The molecule has 7 nitrogen and oxygen atoms in total. The average molecular weight is 269 g/mol. The summed E-state index contributed by atoms with van der Waals surface area (Å²) >= 11 is 0. The molecule has 1 fully saturated rings. The van der Waals surface area contributed by atoms with Gasteiger partial charge in [-0.15, -0.1) is 12.3 Å². The van der Waals surface area contributed by atoms with Gasteiger partial charge in [0.25, 0.3) is 0 Å². The van der Waals surface area contributed by atoms with Crippen LogP contribution in [0, 0.1) is 12.3 Å². The highest BCUT2D eigenvalue weighted by Crippen LogP contribution is 2.01. The minimum atomic E-state index is -1.15. The number of amides is 2. The minimum absolute atomic E-state index is 0.0502. The maximum atomic E-state index is 11.5. The van der Waals surface area contributed by atoms with Crippen LogP contribution in [0.25, 0.3) is 0 Å². The van der Waals surface area contributed by atoms with E-state index in [1.54, 1.807) is 0 Å². The van der Waals surface area contributed by atoms with Crippen LogP contribution in [0.15, 0.2) is 0 Å². The van der Waals surface area contributed by atoms with Gasteiger partial charge in [-0.25, -0.2) is 9.59 Å². The zero-order valence-corrected chi connectivity index (χ0v) is 10.9. The van der Waals surface area contributed by atoms with Crippen molar-refractivity contribution < 1.29 is 19.4 Å². The predicted octanol–water partition coefficient (Wildman–Crippen LogP) is -0.907. The lowest BCUT2D eigenvalue weighted by Crippen LogP contribution is -2.50. The van der Waals surface area contributed by atoms with Crippen LogP contribution in [0.3, 0.4) is 0 Å². The largest absolute Gasteiger partial charge is 0.480 e. The normalized spacial score (nSPS) is 21.2. The number of likely N-dealkylation sites (N-methyl/N-ethyl adjacent to an activating group) is 1. The smallest absolute Gasteiger partial charge is 0.327 e. The van der Waals surface area contributed by atoms with E-state index in [0.29, 0.717) is 13.2 Å². The van der Waals surface area contributed by atoms with Crippen LogP contribution < -0.4 is 10.6 Å². The number of hydrogen-bond donors (Lipinski definition) is 3. The van der Waals surface area contributed by atoms with Crippen molar-refractivity contribution in [2.75, 3.05) is 33.3 Å². The van der Waals surface area contributed by atoms with Crippen LogP contribution in [0.5, 0.6) is 0 Å². The summed E-state index contributed by atoms with van der Waals surface area (Å²) in [5.41, 5.74) is 0. The summed E-state index contributed by atoms with van der Waals surface area (Å²) in [6.45, 7) is 2.55. The molecule has 7 heteroatoms. The first-order valence-corrected chi connectivity index (χ1v) is 6.03. The monoisotopic (exact) mass is 269 g/mol. The molecule has 106 valence electrons. The summed E-state index contributed by atoms with van der Waals surface area (Å²) in [6, 6.07) is -1.63. The molecule has 2 atom stereocenters. The van der Waals surface area contributed by atoms with Gasteiger partial charge in [-0.2, -0.15) is 0 Å². The number of urea groups is 1. The standard InChI is InChI=1S/C12H19N3O4/c1-3-4-10(11(16)17)14-12(18)13-7-9-8-15(2)5-6-19-9/h1,9-10H,4-8H2,2H3,(H,16,17)(H2,13,14,18). The van der Waals surface area contributed by atoms with E-state index < -0.39 is 18.0 Å². The van der Waals surface area contributed by atoms with Gasteiger partial charge in [-0.05, 0) is 7.05 Å². The Kier molecular flexibility index (Phi) is 6.12. The summed E-state index contributed by atoms with van der Waals surface area (Å²) in [5, 5.41) is 13.7. The number of terminal acetylenes is 1. The van der Waals surface area contributed by atoms with Gasteiger partial charge in [0.15, 0.2) is 0 Å². The number of aliphatic carboxylic acids is 1. The number of nitrogens with one attached hydrogen (secondary N) is 2. The number of carboxylic acid groups (broad SMARTS) is 1. The Bertz CT molecular complexity index is 366. The zero-order valence-electron chi connectivity index (χ0n) is 10.9. The van der Waals surface area contributed by atoms with Gasteiger partial charge in [-0.3, -0.25) is 0 Å². The Morgan fingerprint density at radius 2 is 2.37 bits per heavy atom. The number of morpholine rings is 1. The van der Waals surface area contributed by atoms with Crippen LogP contribution in [0.1, 0.15) is 6.42 Å². The van der Waals surface area contributed by atoms with Crippen molar-refractivity contribution in [1.82, 2.24) is 15.5 Å². The lowest BCUT2D eigenvalue weighted by atomic mass is 10.2. The Labute approximate surface area is 112 Å². The van der Waals surface area contributed by atoms with E-state index in [1.807, 2.05) is 7.05 Å².